The first kappa shape index (κ1) is 34.7. The molecule has 0 saturated carbocycles. The number of hydrogen-bond donors (Lipinski definition) is 3. The number of unbranched alkanes of at least 4 members (excludes halogenated alkanes) is 1. The Morgan fingerprint density at radius 3 is 2.31 bits per heavy atom. The number of amides is 2. The van der Waals surface area contributed by atoms with Crippen LogP contribution in [0.5, 0.6) is 5.75 Å². The molecule has 9 nitrogen and oxygen atoms in total. The highest BCUT2D eigenvalue weighted by Gasteiger charge is 2.29. The molecule has 0 aliphatic carbocycles. The number of phosphoric acid groups is 1. The zero-order valence-electron chi connectivity index (χ0n) is 26.1. The van der Waals surface area contributed by atoms with Crippen molar-refractivity contribution in [1.82, 2.24) is 10.2 Å². The number of halogens is 1. The van der Waals surface area contributed by atoms with Gasteiger partial charge in [-0.2, -0.15) is 0 Å². The minimum absolute atomic E-state index is 0.149. The summed E-state index contributed by atoms with van der Waals surface area (Å²) in [6.07, 6.45) is 3.91. The van der Waals surface area contributed by atoms with Gasteiger partial charge in [-0.05, 0) is 137 Å². The number of hydrogen-bond acceptors (Lipinski definition) is 6. The normalized spacial score (nSPS) is 16.0. The fourth-order valence-electron chi connectivity index (χ4n) is 5.25. The van der Waals surface area contributed by atoms with Crippen molar-refractivity contribution in [3.63, 3.8) is 0 Å². The van der Waals surface area contributed by atoms with Crippen LogP contribution in [-0.2, 0) is 9.09 Å². The van der Waals surface area contributed by atoms with E-state index in [1.807, 2.05) is 32.0 Å². The highest BCUT2D eigenvalue weighted by Crippen LogP contribution is 2.48. The number of carbonyl (C=O) groups is 2. The molecule has 45 heavy (non-hydrogen) atoms. The van der Waals surface area contributed by atoms with Gasteiger partial charge in [-0.25, -0.2) is 4.57 Å². The molecule has 3 N–H and O–H groups in total. The summed E-state index contributed by atoms with van der Waals surface area (Å²) in [5, 5.41) is 6.36. The van der Waals surface area contributed by atoms with E-state index in [2.05, 4.69) is 15.5 Å². The van der Waals surface area contributed by atoms with E-state index in [-0.39, 0.29) is 23.8 Å². The molecule has 1 aliphatic heterocycles. The van der Waals surface area contributed by atoms with E-state index in [9.17, 15) is 19.0 Å². The Bertz CT molecular complexity index is 1480. The minimum Gasteiger partial charge on any atom is -0.404 e. The monoisotopic (exact) mass is 655 g/mol. The molecule has 0 aromatic heterocycles. The van der Waals surface area contributed by atoms with E-state index in [1.54, 1.807) is 55.5 Å². The van der Waals surface area contributed by atoms with Gasteiger partial charge < -0.3 is 20.1 Å². The Labute approximate surface area is 270 Å². The first-order chi connectivity index (χ1) is 21.5. The topological polar surface area (TPSA) is 117 Å². The molecule has 3 aromatic carbocycles. The molecule has 1 aliphatic rings. The first-order valence-electron chi connectivity index (χ1n) is 15.5. The average Bonchev–Trinajstić information content (AvgIpc) is 3.01. The third-order valence-corrected chi connectivity index (χ3v) is 9.30. The van der Waals surface area contributed by atoms with Gasteiger partial charge in [0.05, 0.1) is 6.10 Å². The first-order valence-corrected chi connectivity index (χ1v) is 17.4. The van der Waals surface area contributed by atoms with Crippen molar-refractivity contribution < 1.29 is 28.1 Å². The number of piperidine rings is 1. The quantitative estimate of drug-likeness (QED) is 0.121. The van der Waals surface area contributed by atoms with Gasteiger partial charge in [0.2, 0.25) is 0 Å². The minimum atomic E-state index is -4.22. The van der Waals surface area contributed by atoms with E-state index in [4.69, 9.17) is 20.6 Å². The number of phosphoric ester groups is 1. The molecule has 0 bridgehead atoms. The summed E-state index contributed by atoms with van der Waals surface area (Å²) in [6.45, 7) is 8.94. The maximum atomic E-state index is 12.6. The van der Waals surface area contributed by atoms with Crippen LogP contribution in [0, 0.1) is 6.92 Å². The molecule has 11 heteroatoms. The Balaban J connectivity index is 1.16. The molecular formula is C34H43ClN3O6P. The van der Waals surface area contributed by atoms with Gasteiger partial charge >= 0.3 is 7.82 Å². The number of aryl methyl sites for hydroxylation is 1. The van der Waals surface area contributed by atoms with Crippen molar-refractivity contribution in [3.05, 3.63) is 94.0 Å². The fraction of sp³-hybridized carbons (Fsp3) is 0.412. The van der Waals surface area contributed by atoms with Crippen molar-refractivity contribution in [1.29, 1.82) is 0 Å². The third-order valence-electron chi connectivity index (χ3n) is 8.00. The summed E-state index contributed by atoms with van der Waals surface area (Å²) in [5.41, 5.74) is 3.54. The number of nitrogens with one attached hydrogen (secondary N) is 2. The van der Waals surface area contributed by atoms with Gasteiger partial charge in [-0.1, -0.05) is 30.7 Å². The van der Waals surface area contributed by atoms with Crippen LogP contribution in [0.2, 0.25) is 5.02 Å². The lowest BCUT2D eigenvalue weighted by Crippen LogP contribution is -2.34. The summed E-state index contributed by atoms with van der Waals surface area (Å²) in [5.74, 6) is 0.264. The molecule has 242 valence electrons. The van der Waals surface area contributed by atoms with Gasteiger partial charge in [-0.15, -0.1) is 0 Å². The highest BCUT2D eigenvalue weighted by atomic mass is 35.5. The largest absolute Gasteiger partial charge is 0.527 e. The molecule has 4 rings (SSSR count). The zero-order chi connectivity index (χ0) is 32.4. The molecule has 1 saturated heterocycles. The zero-order valence-corrected chi connectivity index (χ0v) is 27.8. The number of rotatable bonds is 14. The van der Waals surface area contributed by atoms with Gasteiger partial charge in [0.1, 0.15) is 5.75 Å². The Kier molecular flexibility index (Phi) is 12.6. The summed E-state index contributed by atoms with van der Waals surface area (Å²) in [4.78, 5) is 37.7. The highest BCUT2D eigenvalue weighted by molar-refractivity contribution is 7.47. The van der Waals surface area contributed by atoms with Gasteiger partial charge in [0, 0.05) is 28.4 Å². The van der Waals surface area contributed by atoms with Crippen LogP contribution in [0.1, 0.15) is 83.7 Å². The predicted octanol–water partition coefficient (Wildman–Crippen LogP) is 7.58. The molecule has 1 heterocycles. The van der Waals surface area contributed by atoms with Crippen LogP contribution in [-0.4, -0.2) is 53.9 Å². The van der Waals surface area contributed by atoms with Crippen LogP contribution in [0.25, 0.3) is 0 Å². The molecule has 0 radical (unpaired) electrons. The van der Waals surface area contributed by atoms with Crippen molar-refractivity contribution >= 4 is 36.9 Å². The number of benzene rings is 3. The lowest BCUT2D eigenvalue weighted by atomic mass is 9.88. The fourth-order valence-corrected chi connectivity index (χ4v) is 6.43. The summed E-state index contributed by atoms with van der Waals surface area (Å²) >= 11 is 5.88. The molecular weight excluding hydrogens is 613 g/mol. The van der Waals surface area contributed by atoms with Crippen LogP contribution in [0.4, 0.5) is 5.69 Å². The molecule has 2 atom stereocenters. The maximum absolute atomic E-state index is 12.6. The molecule has 2 unspecified atom stereocenters. The molecule has 3 aromatic rings. The number of likely N-dealkylation sites (tertiary alicyclic amines) is 1. The predicted molar refractivity (Wildman–Crippen MR) is 178 cm³/mol. The lowest BCUT2D eigenvalue weighted by Gasteiger charge is -2.33. The van der Waals surface area contributed by atoms with E-state index in [0.29, 0.717) is 40.6 Å². The van der Waals surface area contributed by atoms with Crippen LogP contribution >= 0.6 is 19.4 Å². The van der Waals surface area contributed by atoms with Crippen LogP contribution < -0.4 is 15.2 Å². The Hall–Kier alpha value is -3.20. The average molecular weight is 656 g/mol. The van der Waals surface area contributed by atoms with E-state index < -0.39 is 7.82 Å². The summed E-state index contributed by atoms with van der Waals surface area (Å²) in [6, 6.07) is 19.3. The number of anilines is 1. The van der Waals surface area contributed by atoms with Gasteiger partial charge in [0.25, 0.3) is 11.8 Å². The van der Waals surface area contributed by atoms with Crippen LogP contribution in [0.3, 0.4) is 0 Å². The lowest BCUT2D eigenvalue weighted by molar-refractivity contribution is 0.0951. The number of carbonyl (C=O) groups excluding carboxylic acids is 2. The van der Waals surface area contributed by atoms with Crippen molar-refractivity contribution in [3.8, 4) is 5.75 Å². The summed E-state index contributed by atoms with van der Waals surface area (Å²) < 4.78 is 23.4. The Morgan fingerprint density at radius 1 is 1.00 bits per heavy atom. The van der Waals surface area contributed by atoms with E-state index >= 15 is 0 Å². The number of nitrogens with zero attached hydrogens (tertiary/aromatic N) is 1. The smallest absolute Gasteiger partial charge is 0.404 e. The second kappa shape index (κ2) is 16.4. The molecule has 0 spiro atoms. The molecule has 2 amide bonds. The van der Waals surface area contributed by atoms with Gasteiger partial charge in [0.15, 0.2) is 0 Å². The van der Waals surface area contributed by atoms with Gasteiger partial charge in [-0.3, -0.25) is 19.0 Å². The SMILES string of the molecule is CCC(C)OP(=O)(O)Oc1cc(C)ccc1C1CCN(CCCCNC(=O)c2ccc(NC(=O)c3ccc(Cl)cc3)cc2)CC1. The van der Waals surface area contributed by atoms with E-state index in [0.717, 1.165) is 56.4 Å². The molecule has 1 fully saturated rings. The van der Waals surface area contributed by atoms with Crippen LogP contribution in [0.15, 0.2) is 66.7 Å². The Morgan fingerprint density at radius 2 is 1.64 bits per heavy atom. The standard InChI is InChI=1S/C34H43ClN3O6P/c1-4-25(3)43-45(41,42)44-32-23-24(2)7-16-31(32)26-17-21-38(22-18-26)20-6-5-19-36-33(39)27-10-14-30(15-11-27)37-34(40)28-8-12-29(35)13-9-28/h7-16,23,25-26H,4-6,17-22H2,1-3H3,(H,36,39)(H,37,40)(H,41,42). The third kappa shape index (κ3) is 10.7. The summed E-state index contributed by atoms with van der Waals surface area (Å²) in [7, 11) is -4.22. The second-order valence-corrected chi connectivity index (χ2v) is 13.3. The van der Waals surface area contributed by atoms with Crippen molar-refractivity contribution in [2.75, 3.05) is 31.5 Å². The van der Waals surface area contributed by atoms with E-state index in [1.165, 1.54) is 0 Å². The van der Waals surface area contributed by atoms with Crippen molar-refractivity contribution in [2.45, 2.75) is 64.9 Å². The van der Waals surface area contributed by atoms with Crippen molar-refractivity contribution in [2.24, 2.45) is 0 Å². The maximum Gasteiger partial charge on any atom is 0.527 e. The second-order valence-electron chi connectivity index (χ2n) is 11.5.